The molecule has 1 unspecified atom stereocenters. The molecule has 3 aromatic heterocycles. The molecule has 4 aromatic rings. The van der Waals surface area contributed by atoms with Gasteiger partial charge >= 0.3 is 0 Å². The second-order valence-electron chi connectivity index (χ2n) is 8.71. The van der Waals surface area contributed by atoms with E-state index in [4.69, 9.17) is 4.42 Å². The summed E-state index contributed by atoms with van der Waals surface area (Å²) < 4.78 is 21.4. The third kappa shape index (κ3) is 4.57. The Morgan fingerprint density at radius 1 is 1.06 bits per heavy atom. The predicted octanol–water partition coefficient (Wildman–Crippen LogP) is 3.95. The van der Waals surface area contributed by atoms with E-state index in [1.165, 1.54) is 6.07 Å². The first-order chi connectivity index (χ1) is 17.0. The van der Waals surface area contributed by atoms with Crippen LogP contribution in [0, 0.1) is 12.7 Å². The lowest BCUT2D eigenvalue weighted by molar-refractivity contribution is 0.207. The van der Waals surface area contributed by atoms with E-state index in [9.17, 15) is 14.3 Å². The van der Waals surface area contributed by atoms with Gasteiger partial charge in [-0.1, -0.05) is 12.1 Å². The van der Waals surface area contributed by atoms with Gasteiger partial charge < -0.3 is 19.0 Å². The molecule has 1 aliphatic rings. The van der Waals surface area contributed by atoms with Crippen molar-refractivity contribution < 1.29 is 13.9 Å². The zero-order valence-electron chi connectivity index (χ0n) is 19.5. The van der Waals surface area contributed by atoms with Crippen LogP contribution in [0.5, 0.6) is 5.75 Å². The summed E-state index contributed by atoms with van der Waals surface area (Å²) in [6.45, 7) is 4.43. The number of hydrogen-bond donors (Lipinski definition) is 1. The standard InChI is InChI=1S/C27H27FN4O3/c1-19-17-24(33)25(27(34)32(19)18-21-5-4-16-35-21)26(20-8-10-29-11-9-20)31-14-12-30(13-15-31)23-7-3-2-6-22(23)28/h2-11,16-17,26,33H,12-15,18H2,1H3. The fourth-order valence-corrected chi connectivity index (χ4v) is 4.82. The van der Waals surface area contributed by atoms with Crippen LogP contribution in [0.15, 0.2) is 82.5 Å². The van der Waals surface area contributed by atoms with Crippen LogP contribution < -0.4 is 10.5 Å². The molecule has 0 aliphatic carbocycles. The number of hydrogen-bond acceptors (Lipinski definition) is 6. The van der Waals surface area contributed by atoms with Crippen LogP contribution in [0.2, 0.25) is 0 Å². The molecule has 0 amide bonds. The number of halogens is 1. The second kappa shape index (κ2) is 9.76. The van der Waals surface area contributed by atoms with Crippen LogP contribution in [0.25, 0.3) is 0 Å². The average molecular weight is 475 g/mol. The van der Waals surface area contributed by atoms with Crippen LogP contribution >= 0.6 is 0 Å². The van der Waals surface area contributed by atoms with Crippen LogP contribution in [0.4, 0.5) is 10.1 Å². The molecule has 1 saturated heterocycles. The van der Waals surface area contributed by atoms with Crippen LogP contribution in [0.3, 0.4) is 0 Å². The highest BCUT2D eigenvalue weighted by atomic mass is 19.1. The molecule has 1 fully saturated rings. The van der Waals surface area contributed by atoms with Gasteiger partial charge in [0.25, 0.3) is 5.56 Å². The van der Waals surface area contributed by atoms with E-state index in [-0.39, 0.29) is 23.7 Å². The third-order valence-electron chi connectivity index (χ3n) is 6.58. The molecule has 0 radical (unpaired) electrons. The van der Waals surface area contributed by atoms with Gasteiger partial charge in [-0.3, -0.25) is 14.7 Å². The number of para-hydroxylation sites is 1. The van der Waals surface area contributed by atoms with Gasteiger partial charge in [0.2, 0.25) is 0 Å². The van der Waals surface area contributed by atoms with E-state index < -0.39 is 6.04 Å². The summed E-state index contributed by atoms with van der Waals surface area (Å²) in [6.07, 6.45) is 4.95. The number of aromatic nitrogens is 2. The summed E-state index contributed by atoms with van der Waals surface area (Å²) in [4.78, 5) is 22.1. The Labute approximate surface area is 202 Å². The average Bonchev–Trinajstić information content (AvgIpc) is 3.39. The van der Waals surface area contributed by atoms with Gasteiger partial charge in [0.05, 0.1) is 30.1 Å². The molecule has 180 valence electrons. The van der Waals surface area contributed by atoms with Crippen molar-refractivity contribution in [3.8, 4) is 5.75 Å². The van der Waals surface area contributed by atoms with E-state index in [0.717, 1.165) is 5.56 Å². The summed E-state index contributed by atoms with van der Waals surface area (Å²) in [5.74, 6) is 0.371. The van der Waals surface area contributed by atoms with E-state index in [0.29, 0.717) is 48.9 Å². The molecule has 0 bridgehead atoms. The Balaban J connectivity index is 1.52. The highest BCUT2D eigenvalue weighted by Gasteiger charge is 2.32. The van der Waals surface area contributed by atoms with Crippen molar-refractivity contribution in [3.05, 3.63) is 112 Å². The molecule has 35 heavy (non-hydrogen) atoms. The fraction of sp³-hybridized carbons (Fsp3) is 0.259. The number of furan rings is 1. The first kappa shape index (κ1) is 22.9. The molecule has 4 heterocycles. The molecular weight excluding hydrogens is 447 g/mol. The van der Waals surface area contributed by atoms with Crippen molar-refractivity contribution in [2.45, 2.75) is 19.5 Å². The number of aryl methyl sites for hydroxylation is 1. The highest BCUT2D eigenvalue weighted by Crippen LogP contribution is 2.34. The Morgan fingerprint density at radius 2 is 1.80 bits per heavy atom. The Morgan fingerprint density at radius 3 is 2.49 bits per heavy atom. The SMILES string of the molecule is Cc1cc(O)c(C(c2ccncc2)N2CCN(c3ccccc3F)CC2)c(=O)n1Cc1ccco1. The lowest BCUT2D eigenvalue weighted by Crippen LogP contribution is -2.49. The zero-order chi connectivity index (χ0) is 24.4. The zero-order valence-corrected chi connectivity index (χ0v) is 19.5. The van der Waals surface area contributed by atoms with Crippen molar-refractivity contribution in [1.82, 2.24) is 14.5 Å². The molecule has 0 spiro atoms. The molecule has 0 saturated carbocycles. The normalized spacial score (nSPS) is 15.3. The Bertz CT molecular complexity index is 1350. The number of benzene rings is 1. The van der Waals surface area contributed by atoms with Gasteiger partial charge in [-0.15, -0.1) is 0 Å². The number of pyridine rings is 2. The predicted molar refractivity (Wildman–Crippen MR) is 131 cm³/mol. The van der Waals surface area contributed by atoms with Crippen molar-refractivity contribution in [1.29, 1.82) is 0 Å². The lowest BCUT2D eigenvalue weighted by Gasteiger charge is -2.40. The number of piperazine rings is 1. The largest absolute Gasteiger partial charge is 0.507 e. The first-order valence-electron chi connectivity index (χ1n) is 11.6. The van der Waals surface area contributed by atoms with Crippen LogP contribution in [-0.2, 0) is 6.54 Å². The molecule has 8 heteroatoms. The monoisotopic (exact) mass is 474 g/mol. The minimum atomic E-state index is -0.475. The summed E-state index contributed by atoms with van der Waals surface area (Å²) >= 11 is 0. The lowest BCUT2D eigenvalue weighted by atomic mass is 9.96. The van der Waals surface area contributed by atoms with Gasteiger partial charge in [0, 0.05) is 44.3 Å². The van der Waals surface area contributed by atoms with Gasteiger partial charge in [-0.05, 0) is 55.0 Å². The highest BCUT2D eigenvalue weighted by molar-refractivity contribution is 5.48. The summed E-state index contributed by atoms with van der Waals surface area (Å²) in [5, 5.41) is 11.0. The maximum absolute atomic E-state index is 14.4. The molecule has 5 rings (SSSR count). The van der Waals surface area contributed by atoms with Crippen LogP contribution in [-0.4, -0.2) is 45.7 Å². The second-order valence-corrected chi connectivity index (χ2v) is 8.71. The maximum atomic E-state index is 14.4. The molecule has 1 aromatic carbocycles. The van der Waals surface area contributed by atoms with Crippen molar-refractivity contribution in [3.63, 3.8) is 0 Å². The van der Waals surface area contributed by atoms with Gasteiger partial charge in [0.1, 0.15) is 17.3 Å². The van der Waals surface area contributed by atoms with Crippen molar-refractivity contribution in [2.75, 3.05) is 31.1 Å². The summed E-state index contributed by atoms with van der Waals surface area (Å²) in [6, 6.07) is 15.2. The van der Waals surface area contributed by atoms with Gasteiger partial charge in [0.15, 0.2) is 0 Å². The van der Waals surface area contributed by atoms with E-state index >= 15 is 0 Å². The topological polar surface area (TPSA) is 74.7 Å². The van der Waals surface area contributed by atoms with E-state index in [1.54, 1.807) is 54.4 Å². The fourth-order valence-electron chi connectivity index (χ4n) is 4.82. The molecule has 1 atom stereocenters. The summed E-state index contributed by atoms with van der Waals surface area (Å²) in [7, 11) is 0. The third-order valence-corrected chi connectivity index (χ3v) is 6.58. The number of anilines is 1. The van der Waals surface area contributed by atoms with Crippen molar-refractivity contribution in [2.24, 2.45) is 0 Å². The van der Waals surface area contributed by atoms with E-state index in [1.807, 2.05) is 29.2 Å². The summed E-state index contributed by atoms with van der Waals surface area (Å²) in [5.41, 5.74) is 2.13. The van der Waals surface area contributed by atoms with Crippen LogP contribution in [0.1, 0.15) is 28.6 Å². The molecule has 1 aliphatic heterocycles. The Kier molecular flexibility index (Phi) is 6.37. The quantitative estimate of drug-likeness (QED) is 0.456. The van der Waals surface area contributed by atoms with Crippen molar-refractivity contribution >= 4 is 5.69 Å². The molecular formula is C27H27FN4O3. The first-order valence-corrected chi connectivity index (χ1v) is 11.6. The maximum Gasteiger partial charge on any atom is 0.260 e. The number of aromatic hydroxyl groups is 1. The van der Waals surface area contributed by atoms with E-state index in [2.05, 4.69) is 9.88 Å². The minimum absolute atomic E-state index is 0.0402. The molecule has 7 nitrogen and oxygen atoms in total. The van der Waals surface area contributed by atoms with Gasteiger partial charge in [-0.2, -0.15) is 0 Å². The number of nitrogens with zero attached hydrogens (tertiary/aromatic N) is 4. The molecule has 1 N–H and O–H groups in total. The number of rotatable bonds is 6. The smallest absolute Gasteiger partial charge is 0.260 e. The van der Waals surface area contributed by atoms with Gasteiger partial charge in [-0.25, -0.2) is 4.39 Å². The minimum Gasteiger partial charge on any atom is -0.507 e. The Hall–Kier alpha value is -3.91.